The van der Waals surface area contributed by atoms with Gasteiger partial charge in [0.1, 0.15) is 0 Å². The van der Waals surface area contributed by atoms with Crippen molar-refractivity contribution < 1.29 is 52.5 Å². The fourth-order valence-corrected chi connectivity index (χ4v) is 3.00. The van der Waals surface area contributed by atoms with Crippen LogP contribution in [0, 0.1) is 0 Å². The second-order valence-electron chi connectivity index (χ2n) is 7.74. The molecule has 0 bridgehead atoms. The van der Waals surface area contributed by atoms with Gasteiger partial charge in [-0.1, -0.05) is 0 Å². The summed E-state index contributed by atoms with van der Waals surface area (Å²) in [5.41, 5.74) is 0. The van der Waals surface area contributed by atoms with Crippen molar-refractivity contribution in [3.05, 3.63) is 0 Å². The molecule has 0 amide bonds. The molecule has 0 aromatic carbocycles. The summed E-state index contributed by atoms with van der Waals surface area (Å²) in [6.07, 6.45) is 0. The van der Waals surface area contributed by atoms with Gasteiger partial charge in [0.25, 0.3) is 0 Å². The Kier molecular flexibility index (Phi) is 45.5. The maximum atomic E-state index is 8.62. The summed E-state index contributed by atoms with van der Waals surface area (Å²) in [6, 6.07) is 0. The average molecular weight is 521 g/mol. The van der Waals surface area contributed by atoms with Crippen molar-refractivity contribution in [1.29, 1.82) is 0 Å². The molecule has 0 aliphatic heterocycles. The van der Waals surface area contributed by atoms with E-state index >= 15 is 0 Å². The number of rotatable bonds is 12. The van der Waals surface area contributed by atoms with E-state index < -0.39 is 18.1 Å². The van der Waals surface area contributed by atoms with Crippen LogP contribution in [0.4, 0.5) is 0 Å². The average Bonchev–Trinajstić information content (AvgIpc) is 2.79. The minimum absolute atomic E-state index is 1.27. The Morgan fingerprint density at radius 1 is 0.303 bits per heavy atom. The Labute approximate surface area is 213 Å². The van der Waals surface area contributed by atoms with E-state index in [2.05, 4.69) is 83.1 Å². The molecule has 0 heterocycles. The van der Waals surface area contributed by atoms with Crippen LogP contribution in [-0.2, 0) is 18.1 Å². The van der Waals surface area contributed by atoms with Crippen LogP contribution in [0.25, 0.3) is 0 Å². The molecule has 8 nitrogen and oxygen atoms in total. The molecule has 0 rings (SSSR count). The third-order valence-electron chi connectivity index (χ3n) is 6.00. The van der Waals surface area contributed by atoms with Crippen molar-refractivity contribution >= 4 is 0 Å². The number of quaternary nitrogens is 4. The van der Waals surface area contributed by atoms with Gasteiger partial charge in [-0.25, -0.2) is 0 Å². The molecule has 0 spiro atoms. The van der Waals surface area contributed by atoms with Gasteiger partial charge in [0, 0.05) is 0 Å². The Morgan fingerprint density at radius 3 is 0.364 bits per heavy atom. The predicted octanol–water partition coefficient (Wildman–Crippen LogP) is -5.03. The molecule has 208 valence electrons. The molecule has 0 saturated carbocycles. The summed E-state index contributed by atoms with van der Waals surface area (Å²) in [5.74, 6) is 0. The first-order valence-electron chi connectivity index (χ1n) is 13.5. The third-order valence-corrected chi connectivity index (χ3v) is 6.00. The van der Waals surface area contributed by atoms with Gasteiger partial charge in [0.2, 0.25) is 0 Å². The topological polar surface area (TPSA) is 110 Å². The third kappa shape index (κ3) is 50.3. The fourth-order valence-electron chi connectivity index (χ4n) is 3.00. The molecular formula is C24H64N4O4Ti. The summed E-state index contributed by atoms with van der Waals surface area (Å²) < 4.78 is 34.5. The van der Waals surface area contributed by atoms with Crippen LogP contribution in [0.2, 0.25) is 0 Å². The molecule has 0 fully saturated rings. The van der Waals surface area contributed by atoms with Crippen LogP contribution in [0.15, 0.2) is 0 Å². The van der Waals surface area contributed by atoms with E-state index in [-0.39, 0.29) is 0 Å². The second-order valence-corrected chi connectivity index (χ2v) is 9.30. The molecule has 9 heteroatoms. The summed E-state index contributed by atoms with van der Waals surface area (Å²) in [7, 11) is 0. The molecule has 0 aromatic heterocycles. The quantitative estimate of drug-likeness (QED) is 0.193. The van der Waals surface area contributed by atoms with E-state index in [1.807, 2.05) is 0 Å². The van der Waals surface area contributed by atoms with Crippen molar-refractivity contribution in [3.8, 4) is 0 Å². The zero-order chi connectivity index (χ0) is 27.3. The van der Waals surface area contributed by atoms with Gasteiger partial charge in [-0.3, -0.25) is 0 Å². The monoisotopic (exact) mass is 520 g/mol. The normalized spacial score (nSPS) is 10.5. The molecule has 0 aliphatic rings. The van der Waals surface area contributed by atoms with Gasteiger partial charge >= 0.3 is 32.9 Å². The van der Waals surface area contributed by atoms with Crippen LogP contribution in [0.3, 0.4) is 0 Å². The summed E-state index contributed by atoms with van der Waals surface area (Å²) in [6.45, 7) is 41.9. The summed E-state index contributed by atoms with van der Waals surface area (Å²) in [4.78, 5) is 6.72. The molecule has 0 unspecified atom stereocenters. The van der Waals surface area contributed by atoms with Crippen LogP contribution >= 0.6 is 0 Å². The standard InChI is InChI=1S/4C6H15N.4O.Ti/c4*1-4-7(5-2)6-3;;;;;/h4*4-6H2,1-3H3;;;;;/q;;;;4*-1;/p+4. The van der Waals surface area contributed by atoms with E-state index in [4.69, 9.17) is 14.8 Å². The first kappa shape index (κ1) is 43.5. The van der Waals surface area contributed by atoms with Crippen LogP contribution in [-0.4, -0.2) is 78.5 Å². The molecule has 4 N–H and O–H groups in total. The molecule has 0 radical (unpaired) electrons. The van der Waals surface area contributed by atoms with E-state index in [1.165, 1.54) is 78.5 Å². The zero-order valence-corrected chi connectivity index (χ0v) is 26.2. The Morgan fingerprint density at radius 2 is 0.364 bits per heavy atom. The van der Waals surface area contributed by atoms with Gasteiger partial charge in [-0.05, 0) is 83.1 Å². The maximum absolute atomic E-state index is 8.62. The van der Waals surface area contributed by atoms with Crippen molar-refractivity contribution in [1.82, 2.24) is 0 Å². The Hall–Kier alpha value is 0.394. The Balaban J connectivity index is -0.0000000995. The van der Waals surface area contributed by atoms with Crippen molar-refractivity contribution in [3.63, 3.8) is 0 Å². The molecule has 33 heavy (non-hydrogen) atoms. The number of hydrogen-bond acceptors (Lipinski definition) is 4. The van der Waals surface area contributed by atoms with Gasteiger partial charge in [0.15, 0.2) is 0 Å². The molecular weight excluding hydrogens is 456 g/mol. The van der Waals surface area contributed by atoms with Gasteiger partial charge in [-0.15, -0.1) is 0 Å². The molecule has 0 atom stereocenters. The predicted molar refractivity (Wildman–Crippen MR) is 130 cm³/mol. The van der Waals surface area contributed by atoms with Gasteiger partial charge in [-0.2, -0.15) is 0 Å². The van der Waals surface area contributed by atoms with Crippen LogP contribution < -0.4 is 34.4 Å². The summed E-state index contributed by atoms with van der Waals surface area (Å²) >= 11 is -6.00. The molecule has 0 saturated heterocycles. The van der Waals surface area contributed by atoms with Crippen molar-refractivity contribution in [2.75, 3.05) is 78.5 Å². The Bertz CT molecular complexity index is 233. The first-order valence-corrected chi connectivity index (χ1v) is 16.1. The zero-order valence-electron chi connectivity index (χ0n) is 24.6. The van der Waals surface area contributed by atoms with Crippen molar-refractivity contribution in [2.24, 2.45) is 0 Å². The van der Waals surface area contributed by atoms with Gasteiger partial charge < -0.3 is 19.6 Å². The number of nitrogens with one attached hydrogen (secondary N) is 4. The van der Waals surface area contributed by atoms with E-state index in [0.29, 0.717) is 0 Å². The first-order chi connectivity index (χ1) is 15.4. The fraction of sp³-hybridized carbons (Fsp3) is 1.00. The molecule has 0 aromatic rings. The number of hydrogen-bond donors (Lipinski definition) is 4. The van der Waals surface area contributed by atoms with Crippen LogP contribution in [0.1, 0.15) is 83.1 Å². The SMILES string of the molecule is CC[NH+](CC)CC.CC[NH+](CC)CC.CC[NH+](CC)CC.CC[NH+](CC)CC.[O-][Ti]([O-])([O-])[O-]. The molecule has 0 aliphatic carbocycles. The van der Waals surface area contributed by atoms with Crippen molar-refractivity contribution in [2.45, 2.75) is 83.1 Å². The summed E-state index contributed by atoms with van der Waals surface area (Å²) in [5, 5.41) is 0. The van der Waals surface area contributed by atoms with Crippen LogP contribution in [0.5, 0.6) is 0 Å². The second kappa shape index (κ2) is 34.6. The minimum atomic E-state index is -6.00. The van der Waals surface area contributed by atoms with E-state index in [1.54, 1.807) is 19.6 Å². The van der Waals surface area contributed by atoms with E-state index in [9.17, 15) is 0 Å². The van der Waals surface area contributed by atoms with Gasteiger partial charge in [0.05, 0.1) is 78.5 Å². The van der Waals surface area contributed by atoms with E-state index in [0.717, 1.165) is 0 Å².